The highest BCUT2D eigenvalue weighted by Gasteiger charge is 2.28. The highest BCUT2D eigenvalue weighted by atomic mass is 35.5. The van der Waals surface area contributed by atoms with Gasteiger partial charge in [-0.2, -0.15) is 0 Å². The van der Waals surface area contributed by atoms with Gasteiger partial charge in [0.15, 0.2) is 0 Å². The summed E-state index contributed by atoms with van der Waals surface area (Å²) in [6.07, 6.45) is 4.30. The molecular weight excluding hydrogens is 324 g/mol. The van der Waals surface area contributed by atoms with Crippen molar-refractivity contribution in [2.24, 2.45) is 11.8 Å². The minimum atomic E-state index is -0.562. The van der Waals surface area contributed by atoms with Crippen molar-refractivity contribution < 1.29 is 9.59 Å². The molecule has 2 rings (SSSR count). The monoisotopic (exact) mass is 350 g/mol. The maximum absolute atomic E-state index is 12.6. The molecule has 0 bridgehead atoms. The summed E-state index contributed by atoms with van der Waals surface area (Å²) in [5.74, 6) is 0.314. The van der Waals surface area contributed by atoms with Crippen LogP contribution in [0.2, 0.25) is 5.02 Å². The van der Waals surface area contributed by atoms with Crippen LogP contribution in [0.4, 0.5) is 0 Å². The quantitative estimate of drug-likeness (QED) is 0.848. The molecule has 0 aromatic heterocycles. The second-order valence-corrected chi connectivity index (χ2v) is 7.55. The number of carbonyl (C=O) groups is 2. The van der Waals surface area contributed by atoms with Crippen molar-refractivity contribution in [3.63, 3.8) is 0 Å². The van der Waals surface area contributed by atoms with Gasteiger partial charge < -0.3 is 10.6 Å². The average Bonchev–Trinajstić information content (AvgIpc) is 2.54. The van der Waals surface area contributed by atoms with Gasteiger partial charge in [0.25, 0.3) is 5.91 Å². The summed E-state index contributed by atoms with van der Waals surface area (Å²) >= 11 is 6.07. The molecule has 0 radical (unpaired) electrons. The molecule has 1 saturated carbocycles. The van der Waals surface area contributed by atoms with Crippen molar-refractivity contribution >= 4 is 23.4 Å². The lowest BCUT2D eigenvalue weighted by molar-refractivity contribution is -0.124. The van der Waals surface area contributed by atoms with Gasteiger partial charge in [-0.05, 0) is 49.7 Å². The first kappa shape index (κ1) is 18.8. The Labute approximate surface area is 149 Å². The van der Waals surface area contributed by atoms with Gasteiger partial charge in [0, 0.05) is 6.04 Å². The van der Waals surface area contributed by atoms with Gasteiger partial charge in [0.2, 0.25) is 5.91 Å². The first-order chi connectivity index (χ1) is 11.4. The van der Waals surface area contributed by atoms with Crippen LogP contribution < -0.4 is 10.6 Å². The number of hydrogen-bond donors (Lipinski definition) is 2. The second kappa shape index (κ2) is 8.52. The van der Waals surface area contributed by atoms with Gasteiger partial charge in [0.05, 0.1) is 10.6 Å². The van der Waals surface area contributed by atoms with Gasteiger partial charge in [0.1, 0.15) is 6.04 Å². The summed E-state index contributed by atoms with van der Waals surface area (Å²) < 4.78 is 0. The second-order valence-electron chi connectivity index (χ2n) is 7.14. The molecule has 0 heterocycles. The average molecular weight is 351 g/mol. The molecule has 1 aromatic rings. The van der Waals surface area contributed by atoms with Crippen LogP contribution in [0.5, 0.6) is 0 Å². The number of benzene rings is 1. The Morgan fingerprint density at radius 3 is 2.33 bits per heavy atom. The lowest BCUT2D eigenvalue weighted by Gasteiger charge is -2.29. The lowest BCUT2D eigenvalue weighted by atomic mass is 9.87. The summed E-state index contributed by atoms with van der Waals surface area (Å²) in [4.78, 5) is 25.1. The van der Waals surface area contributed by atoms with Gasteiger partial charge in [-0.25, -0.2) is 0 Å². The van der Waals surface area contributed by atoms with E-state index in [1.54, 1.807) is 24.3 Å². The van der Waals surface area contributed by atoms with E-state index in [1.165, 1.54) is 0 Å². The first-order valence-corrected chi connectivity index (χ1v) is 9.12. The highest BCUT2D eigenvalue weighted by molar-refractivity contribution is 6.33. The Balaban J connectivity index is 1.99. The molecule has 4 nitrogen and oxygen atoms in total. The third kappa shape index (κ3) is 4.97. The molecule has 1 aliphatic carbocycles. The molecule has 132 valence electrons. The van der Waals surface area contributed by atoms with E-state index in [0.29, 0.717) is 10.6 Å². The van der Waals surface area contributed by atoms with E-state index in [1.807, 2.05) is 13.8 Å². The summed E-state index contributed by atoms with van der Waals surface area (Å²) in [6, 6.07) is 6.52. The van der Waals surface area contributed by atoms with Crippen molar-refractivity contribution in [3.8, 4) is 0 Å². The van der Waals surface area contributed by atoms with Crippen LogP contribution in [0.15, 0.2) is 24.3 Å². The predicted molar refractivity (Wildman–Crippen MR) is 97.1 cm³/mol. The molecular formula is C19H27ClN2O2. The largest absolute Gasteiger partial charge is 0.352 e. The normalized spacial score (nSPS) is 22.0. The van der Waals surface area contributed by atoms with Gasteiger partial charge >= 0.3 is 0 Å². The van der Waals surface area contributed by atoms with Crippen LogP contribution in [0.3, 0.4) is 0 Å². The Hall–Kier alpha value is -1.55. The van der Waals surface area contributed by atoms with E-state index in [-0.39, 0.29) is 23.8 Å². The molecule has 5 heteroatoms. The number of halogens is 1. The first-order valence-electron chi connectivity index (χ1n) is 8.74. The molecule has 0 saturated heterocycles. The van der Waals surface area contributed by atoms with Crippen molar-refractivity contribution in [3.05, 3.63) is 34.9 Å². The van der Waals surface area contributed by atoms with E-state index in [4.69, 9.17) is 11.6 Å². The molecule has 0 aliphatic heterocycles. The predicted octanol–water partition coefficient (Wildman–Crippen LogP) is 3.79. The van der Waals surface area contributed by atoms with Crippen molar-refractivity contribution in [2.45, 2.75) is 58.5 Å². The van der Waals surface area contributed by atoms with Crippen LogP contribution in [0, 0.1) is 11.8 Å². The Morgan fingerprint density at radius 2 is 1.75 bits per heavy atom. The van der Waals surface area contributed by atoms with Gasteiger partial charge in [-0.3, -0.25) is 9.59 Å². The highest BCUT2D eigenvalue weighted by Crippen LogP contribution is 2.23. The zero-order valence-corrected chi connectivity index (χ0v) is 15.4. The zero-order valence-electron chi connectivity index (χ0n) is 14.6. The Morgan fingerprint density at radius 1 is 1.12 bits per heavy atom. The van der Waals surface area contributed by atoms with E-state index in [2.05, 4.69) is 17.6 Å². The third-order valence-electron chi connectivity index (χ3n) is 4.72. The minimum absolute atomic E-state index is 0.000970. The van der Waals surface area contributed by atoms with Crippen LogP contribution >= 0.6 is 11.6 Å². The van der Waals surface area contributed by atoms with Crippen molar-refractivity contribution in [2.75, 3.05) is 0 Å². The SMILES string of the molecule is CC1CCC(NC(=O)C(NC(=O)c2ccccc2Cl)C(C)C)CC1. The fourth-order valence-electron chi connectivity index (χ4n) is 3.09. The molecule has 1 fully saturated rings. The van der Waals surface area contributed by atoms with Crippen molar-refractivity contribution in [1.29, 1.82) is 0 Å². The van der Waals surface area contributed by atoms with Crippen molar-refractivity contribution in [1.82, 2.24) is 10.6 Å². The Kier molecular flexibility index (Phi) is 6.67. The smallest absolute Gasteiger partial charge is 0.253 e. The number of amides is 2. The molecule has 1 aromatic carbocycles. The fourth-order valence-corrected chi connectivity index (χ4v) is 3.32. The molecule has 2 N–H and O–H groups in total. The molecule has 24 heavy (non-hydrogen) atoms. The van der Waals surface area contributed by atoms with Crippen LogP contribution in [0.25, 0.3) is 0 Å². The molecule has 0 spiro atoms. The standard InChI is InChI=1S/C19H27ClN2O2/c1-12(2)17(19(24)21-14-10-8-13(3)9-11-14)22-18(23)15-6-4-5-7-16(15)20/h4-7,12-14,17H,8-11H2,1-3H3,(H,21,24)(H,22,23). The molecule has 1 atom stereocenters. The van der Waals surface area contributed by atoms with Gasteiger partial charge in [-0.15, -0.1) is 0 Å². The molecule has 1 unspecified atom stereocenters. The number of rotatable bonds is 5. The fraction of sp³-hybridized carbons (Fsp3) is 0.579. The third-order valence-corrected chi connectivity index (χ3v) is 5.05. The van der Waals surface area contributed by atoms with Crippen LogP contribution in [-0.2, 0) is 4.79 Å². The number of hydrogen-bond acceptors (Lipinski definition) is 2. The maximum atomic E-state index is 12.6. The summed E-state index contributed by atoms with van der Waals surface area (Å²) in [7, 11) is 0. The maximum Gasteiger partial charge on any atom is 0.253 e. The zero-order chi connectivity index (χ0) is 17.7. The summed E-state index contributed by atoms with van der Waals surface area (Å²) in [6.45, 7) is 6.11. The number of nitrogens with one attached hydrogen (secondary N) is 2. The van der Waals surface area contributed by atoms with Gasteiger partial charge in [-0.1, -0.05) is 44.5 Å². The topological polar surface area (TPSA) is 58.2 Å². The molecule has 1 aliphatic rings. The summed E-state index contributed by atoms with van der Waals surface area (Å²) in [5, 5.41) is 6.33. The van der Waals surface area contributed by atoms with E-state index in [0.717, 1.165) is 31.6 Å². The number of carbonyl (C=O) groups excluding carboxylic acids is 2. The minimum Gasteiger partial charge on any atom is -0.352 e. The molecule has 2 amide bonds. The van der Waals surface area contributed by atoms with E-state index < -0.39 is 6.04 Å². The van der Waals surface area contributed by atoms with Crippen LogP contribution in [-0.4, -0.2) is 23.9 Å². The van der Waals surface area contributed by atoms with E-state index in [9.17, 15) is 9.59 Å². The Bertz CT molecular complexity index is 580. The lowest BCUT2D eigenvalue weighted by Crippen LogP contribution is -2.52. The van der Waals surface area contributed by atoms with Crippen LogP contribution in [0.1, 0.15) is 56.8 Å². The van der Waals surface area contributed by atoms with E-state index >= 15 is 0 Å². The summed E-state index contributed by atoms with van der Waals surface area (Å²) in [5.41, 5.74) is 0.393.